The van der Waals surface area contributed by atoms with Crippen molar-refractivity contribution < 1.29 is 0 Å². The molecule has 0 fully saturated rings. The smallest absolute Gasteiger partial charge is 0.285 e. The molecule has 0 aliphatic carbocycles. The number of thiazole rings is 1. The topological polar surface area (TPSA) is 47.8 Å². The second kappa shape index (κ2) is 2.13. The van der Waals surface area contributed by atoms with Crippen molar-refractivity contribution in [3.63, 3.8) is 0 Å². The van der Waals surface area contributed by atoms with Gasteiger partial charge in [0, 0.05) is 7.05 Å². The number of aryl methyl sites for hydroxylation is 1. The van der Waals surface area contributed by atoms with E-state index in [0.717, 1.165) is 4.70 Å². The van der Waals surface area contributed by atoms with Gasteiger partial charge in [-0.25, -0.2) is 0 Å². The van der Waals surface area contributed by atoms with Gasteiger partial charge in [-0.05, 0) is 6.07 Å². The average Bonchev–Trinajstić information content (AvgIpc) is 2.30. The van der Waals surface area contributed by atoms with Gasteiger partial charge in [0.05, 0.1) is 10.9 Å². The van der Waals surface area contributed by atoms with Gasteiger partial charge in [-0.1, -0.05) is 11.3 Å². The van der Waals surface area contributed by atoms with Crippen molar-refractivity contribution in [1.29, 1.82) is 0 Å². The molecule has 0 spiro atoms. The van der Waals surface area contributed by atoms with Crippen LogP contribution in [0.5, 0.6) is 0 Å². The molecular formula is C6H5N3OS. The number of fused-ring (bicyclic) bond motifs is 1. The molecule has 0 aliphatic rings. The van der Waals surface area contributed by atoms with Crippen LogP contribution in [0.4, 0.5) is 0 Å². The van der Waals surface area contributed by atoms with E-state index in [4.69, 9.17) is 0 Å². The zero-order valence-corrected chi connectivity index (χ0v) is 6.63. The van der Waals surface area contributed by atoms with Gasteiger partial charge in [-0.3, -0.25) is 9.36 Å². The second-order valence-corrected chi connectivity index (χ2v) is 3.14. The van der Waals surface area contributed by atoms with Crippen LogP contribution in [-0.4, -0.2) is 14.8 Å². The largest absolute Gasteiger partial charge is 0.309 e. The molecule has 0 amide bonds. The maximum Gasteiger partial charge on any atom is 0.309 e. The van der Waals surface area contributed by atoms with Crippen LogP contribution >= 0.6 is 11.3 Å². The summed E-state index contributed by atoms with van der Waals surface area (Å²) >= 11 is 1.18. The molecule has 5 heteroatoms. The van der Waals surface area contributed by atoms with Crippen LogP contribution in [0.2, 0.25) is 0 Å². The van der Waals surface area contributed by atoms with Gasteiger partial charge in [0.1, 0.15) is 0 Å². The van der Waals surface area contributed by atoms with Gasteiger partial charge < -0.3 is 0 Å². The Labute approximate surface area is 66.1 Å². The Kier molecular flexibility index (Phi) is 1.25. The van der Waals surface area contributed by atoms with Gasteiger partial charge in [0.15, 0.2) is 5.65 Å². The van der Waals surface area contributed by atoms with Crippen LogP contribution in [0, 0.1) is 0 Å². The van der Waals surface area contributed by atoms with Crippen LogP contribution in [0.3, 0.4) is 0 Å². The third-order valence-corrected chi connectivity index (χ3v) is 2.44. The van der Waals surface area contributed by atoms with Crippen molar-refractivity contribution in [3.8, 4) is 0 Å². The van der Waals surface area contributed by atoms with Gasteiger partial charge in [-0.15, -0.1) is 5.10 Å². The fourth-order valence-electron chi connectivity index (χ4n) is 0.874. The Morgan fingerprint density at radius 1 is 1.64 bits per heavy atom. The van der Waals surface area contributed by atoms with E-state index in [1.165, 1.54) is 15.9 Å². The van der Waals surface area contributed by atoms with E-state index < -0.39 is 0 Å². The highest BCUT2D eigenvalue weighted by Gasteiger charge is 2.02. The van der Waals surface area contributed by atoms with Crippen LogP contribution in [0.1, 0.15) is 0 Å². The van der Waals surface area contributed by atoms with E-state index in [0.29, 0.717) is 5.65 Å². The van der Waals surface area contributed by atoms with Gasteiger partial charge in [0.2, 0.25) is 0 Å². The average molecular weight is 167 g/mol. The quantitative estimate of drug-likeness (QED) is 0.570. The molecule has 0 atom stereocenters. The standard InChI is InChI=1S/C6H5N3OS/c1-9-5-4(11-6(9)10)2-3-7-8-5/h2-3H,1H3. The van der Waals surface area contributed by atoms with E-state index >= 15 is 0 Å². The Bertz CT molecular complexity index is 444. The van der Waals surface area contributed by atoms with Gasteiger partial charge in [-0.2, -0.15) is 5.10 Å². The van der Waals surface area contributed by atoms with Crippen molar-refractivity contribution in [1.82, 2.24) is 14.8 Å². The first-order valence-electron chi connectivity index (χ1n) is 3.06. The molecule has 0 saturated carbocycles. The van der Waals surface area contributed by atoms with Crippen LogP contribution in [0.25, 0.3) is 10.3 Å². The number of rotatable bonds is 0. The SMILES string of the molecule is Cn1c(=O)sc2ccnnc21. The highest BCUT2D eigenvalue weighted by molar-refractivity contribution is 7.16. The second-order valence-electron chi connectivity index (χ2n) is 2.15. The summed E-state index contributed by atoms with van der Waals surface area (Å²) in [6.45, 7) is 0. The van der Waals surface area contributed by atoms with Crippen molar-refractivity contribution in [2.45, 2.75) is 0 Å². The molecule has 0 radical (unpaired) electrons. The van der Waals surface area contributed by atoms with E-state index in [2.05, 4.69) is 10.2 Å². The first-order chi connectivity index (χ1) is 5.29. The van der Waals surface area contributed by atoms with E-state index in [-0.39, 0.29) is 4.87 Å². The van der Waals surface area contributed by atoms with Crippen molar-refractivity contribution in [2.75, 3.05) is 0 Å². The Balaban J connectivity index is 3.04. The van der Waals surface area contributed by atoms with Gasteiger partial charge in [0.25, 0.3) is 0 Å². The first kappa shape index (κ1) is 6.48. The molecule has 0 N–H and O–H groups in total. The summed E-state index contributed by atoms with van der Waals surface area (Å²) < 4.78 is 2.38. The van der Waals surface area contributed by atoms with Crippen molar-refractivity contribution in [2.24, 2.45) is 7.05 Å². The minimum Gasteiger partial charge on any atom is -0.285 e. The van der Waals surface area contributed by atoms with Crippen LogP contribution < -0.4 is 4.87 Å². The zero-order chi connectivity index (χ0) is 7.84. The number of hydrogen-bond acceptors (Lipinski definition) is 4. The van der Waals surface area contributed by atoms with Gasteiger partial charge >= 0.3 is 4.87 Å². The molecule has 0 aliphatic heterocycles. The normalized spacial score (nSPS) is 10.6. The summed E-state index contributed by atoms with van der Waals surface area (Å²) in [5, 5.41) is 7.51. The molecular weight excluding hydrogens is 162 g/mol. The van der Waals surface area contributed by atoms with E-state index in [9.17, 15) is 4.79 Å². The van der Waals surface area contributed by atoms with Crippen LogP contribution in [-0.2, 0) is 7.05 Å². The Hall–Kier alpha value is -1.23. The maximum atomic E-state index is 11.1. The molecule has 0 saturated heterocycles. The summed E-state index contributed by atoms with van der Waals surface area (Å²) in [6, 6.07) is 1.79. The lowest BCUT2D eigenvalue weighted by molar-refractivity contribution is 0.893. The summed E-state index contributed by atoms with van der Waals surface area (Å²) in [6.07, 6.45) is 1.58. The lowest BCUT2D eigenvalue weighted by Crippen LogP contribution is -2.07. The molecule has 4 nitrogen and oxygen atoms in total. The molecule has 11 heavy (non-hydrogen) atoms. The first-order valence-corrected chi connectivity index (χ1v) is 3.88. The summed E-state index contributed by atoms with van der Waals surface area (Å²) in [5.41, 5.74) is 0.655. The summed E-state index contributed by atoms with van der Waals surface area (Å²) in [7, 11) is 1.69. The monoisotopic (exact) mass is 167 g/mol. The van der Waals surface area contributed by atoms with Crippen LogP contribution in [0.15, 0.2) is 17.1 Å². The van der Waals surface area contributed by atoms with E-state index in [1.807, 2.05) is 0 Å². The van der Waals surface area contributed by atoms with Crippen molar-refractivity contribution in [3.05, 3.63) is 21.9 Å². The fourth-order valence-corrected chi connectivity index (χ4v) is 1.68. The lowest BCUT2D eigenvalue weighted by Gasteiger charge is -1.87. The number of nitrogens with zero attached hydrogens (tertiary/aromatic N) is 3. The zero-order valence-electron chi connectivity index (χ0n) is 5.81. The maximum absolute atomic E-state index is 11.1. The van der Waals surface area contributed by atoms with Crippen molar-refractivity contribution >= 4 is 21.7 Å². The summed E-state index contributed by atoms with van der Waals surface area (Å²) in [5.74, 6) is 0. The highest BCUT2D eigenvalue weighted by atomic mass is 32.1. The molecule has 0 bridgehead atoms. The third kappa shape index (κ3) is 0.848. The Morgan fingerprint density at radius 2 is 2.45 bits per heavy atom. The molecule has 2 aromatic rings. The molecule has 2 aromatic heterocycles. The minimum absolute atomic E-state index is 0.000463. The van der Waals surface area contributed by atoms with E-state index in [1.54, 1.807) is 19.3 Å². The summed E-state index contributed by atoms with van der Waals surface area (Å²) in [4.78, 5) is 11.1. The third-order valence-electron chi connectivity index (χ3n) is 1.45. The number of hydrogen-bond donors (Lipinski definition) is 0. The predicted molar refractivity (Wildman–Crippen MR) is 42.7 cm³/mol. The highest BCUT2D eigenvalue weighted by Crippen LogP contribution is 2.10. The molecule has 2 heterocycles. The molecule has 0 unspecified atom stereocenters. The predicted octanol–water partition coefficient (Wildman–Crippen LogP) is 0.390. The fraction of sp³-hybridized carbons (Fsp3) is 0.167. The Morgan fingerprint density at radius 3 is 3.18 bits per heavy atom. The molecule has 56 valence electrons. The minimum atomic E-state index is 0.000463. The molecule has 2 rings (SSSR count). The molecule has 0 aromatic carbocycles. The lowest BCUT2D eigenvalue weighted by atomic mass is 10.5. The number of aromatic nitrogens is 3.